The molecule has 0 aromatic carbocycles. The topological polar surface area (TPSA) is 424 Å². The molecule has 2 saturated heterocycles. The van der Waals surface area contributed by atoms with E-state index in [4.69, 9.17) is 38.6 Å². The van der Waals surface area contributed by atoms with Gasteiger partial charge in [0.25, 0.3) is 0 Å². The summed E-state index contributed by atoms with van der Waals surface area (Å²) >= 11 is 0. The maximum Gasteiger partial charge on any atom is 0.333 e. The lowest BCUT2D eigenvalue weighted by Crippen LogP contribution is -2.50. The summed E-state index contributed by atoms with van der Waals surface area (Å²) in [5, 5.41) is 43.1. The third-order valence-corrected chi connectivity index (χ3v) is 18.9. The fraction of sp³-hybridized carbons (Fsp3) is 0.717. The summed E-state index contributed by atoms with van der Waals surface area (Å²) in [4.78, 5) is 172. The first-order valence-electron chi connectivity index (χ1n) is 42.5. The Hall–Kier alpha value is -8.74. The molecule has 30 nitrogen and oxygen atoms in total. The molecule has 0 bridgehead atoms. The van der Waals surface area contributed by atoms with Gasteiger partial charge < -0.3 is 78.8 Å². The first-order valence-corrected chi connectivity index (χ1v) is 42.5. The number of unbranched alkanes of at least 4 members (excludes halogenated alkanes) is 10. The van der Waals surface area contributed by atoms with Gasteiger partial charge in [0.2, 0.25) is 11.8 Å². The Bertz CT molecular complexity index is 3280. The molecule has 0 saturated carbocycles. The molecule has 2 heterocycles. The van der Waals surface area contributed by atoms with Gasteiger partial charge >= 0.3 is 59.7 Å². The summed E-state index contributed by atoms with van der Waals surface area (Å²) in [6.07, 6.45) is 19.0. The smallest absolute Gasteiger partial charge is 0.333 e. The lowest BCUT2D eigenvalue weighted by atomic mass is 9.63. The van der Waals surface area contributed by atoms with Crippen LogP contribution in [-0.2, 0) is 105 Å². The van der Waals surface area contributed by atoms with Gasteiger partial charge in [-0.05, 0) is 188 Å². The highest BCUT2D eigenvalue weighted by Gasteiger charge is 2.53. The third kappa shape index (κ3) is 60.7. The molecular formula is C92H158N4O26. The number of carboxylic acids is 2. The molecule has 2 fully saturated rings. The van der Waals surface area contributed by atoms with Gasteiger partial charge in [0, 0.05) is 116 Å². The van der Waals surface area contributed by atoms with Gasteiger partial charge in [-0.2, -0.15) is 0 Å². The number of carboxylic acid groups (broad SMARTS) is 2. The molecule has 0 aromatic rings. The second-order valence-corrected chi connectivity index (χ2v) is 34.3. The molecule has 2 amide bonds. The van der Waals surface area contributed by atoms with Crippen LogP contribution in [0.1, 0.15) is 286 Å². The van der Waals surface area contributed by atoms with Gasteiger partial charge in [-0.25, -0.2) is 24.0 Å². The highest BCUT2D eigenvalue weighted by atomic mass is 16.6. The predicted octanol–water partition coefficient (Wildman–Crippen LogP) is 14.0. The number of esters is 8. The molecule has 6 atom stereocenters. The SMILES string of the molecule is C=C(C)C(=O)O.C=C(C)C(=O)OC.C=C(C)C(=O)OCCCO.C=C(C)C(=O)OCCNC(C)(C)C.C=CN1CCCC1=O.CCCCCCCCOC(=O)/C=C\C(C)=O.CCCCCCCCOC(=O)C(C)C(CC(C)(CC(CC(C)(CC(C)(CC(C)(C)C(=O)OCCNC(C)(C)C)C(=O)OC)C(=O)O)N1CCCC1=O)C(=O)OCCCO)C(C)=O. The van der Waals surface area contributed by atoms with Crippen molar-refractivity contribution in [3.8, 4) is 0 Å². The number of ketones is 2. The third-order valence-electron chi connectivity index (χ3n) is 18.9. The van der Waals surface area contributed by atoms with E-state index >= 15 is 0 Å². The van der Waals surface area contributed by atoms with Crippen LogP contribution in [0, 0.1) is 33.5 Å². The van der Waals surface area contributed by atoms with Gasteiger partial charge in [-0.15, -0.1) is 0 Å². The number of carbonyl (C=O) groups is 14. The second kappa shape index (κ2) is 66.8. The van der Waals surface area contributed by atoms with E-state index in [1.165, 1.54) is 79.7 Å². The van der Waals surface area contributed by atoms with Gasteiger partial charge in [0.1, 0.15) is 19.0 Å². The zero-order valence-corrected chi connectivity index (χ0v) is 78.4. The Morgan fingerprint density at radius 2 is 0.893 bits per heavy atom. The number of allylic oxidation sites excluding steroid dienone is 1. The number of aliphatic carboxylic acids is 2. The summed E-state index contributed by atoms with van der Waals surface area (Å²) in [5.41, 5.74) is -4.75. The van der Waals surface area contributed by atoms with E-state index in [0.29, 0.717) is 68.7 Å². The lowest BCUT2D eigenvalue weighted by molar-refractivity contribution is -0.167. The molecule has 30 heteroatoms. The monoisotopic (exact) mass is 1740 g/mol. The Balaban J connectivity index is -0.000000597. The van der Waals surface area contributed by atoms with E-state index < -0.39 is 87.3 Å². The second-order valence-electron chi connectivity index (χ2n) is 34.3. The largest absolute Gasteiger partial charge is 0.481 e. The van der Waals surface area contributed by atoms with Crippen molar-refractivity contribution in [1.29, 1.82) is 0 Å². The van der Waals surface area contributed by atoms with Crippen LogP contribution in [0.5, 0.6) is 0 Å². The Morgan fingerprint density at radius 3 is 1.26 bits per heavy atom. The highest BCUT2D eigenvalue weighted by molar-refractivity contribution is 5.94. The maximum absolute atomic E-state index is 14.2. The number of nitrogens with zero attached hydrogens (tertiary/aromatic N) is 2. The summed E-state index contributed by atoms with van der Waals surface area (Å²) in [6.45, 7) is 55.1. The van der Waals surface area contributed by atoms with Crippen LogP contribution in [0.15, 0.2) is 73.5 Å². The van der Waals surface area contributed by atoms with E-state index in [0.717, 1.165) is 57.9 Å². The fourth-order valence-corrected chi connectivity index (χ4v) is 12.3. The average Bonchev–Trinajstić information content (AvgIpc) is 1.12. The minimum Gasteiger partial charge on any atom is -0.481 e. The van der Waals surface area contributed by atoms with Gasteiger partial charge in [-0.3, -0.25) is 43.2 Å². The van der Waals surface area contributed by atoms with Crippen LogP contribution < -0.4 is 10.6 Å². The van der Waals surface area contributed by atoms with E-state index in [2.05, 4.69) is 87.6 Å². The van der Waals surface area contributed by atoms with Crippen LogP contribution in [0.2, 0.25) is 0 Å². The molecule has 0 aromatic heterocycles. The van der Waals surface area contributed by atoms with Crippen molar-refractivity contribution in [3.05, 3.63) is 73.5 Å². The number of nitrogens with one attached hydrogen (secondary N) is 2. The number of hydrogen-bond donors (Lipinski definition) is 6. The Morgan fingerprint density at radius 1 is 0.475 bits per heavy atom. The number of methoxy groups -OCH3 is 2. The average molecular weight is 1740 g/mol. The standard InChI is InChI=1S/C47H82N2O13.C13H22O3.C10H19NO2.C7H12O3.C6H9NO.C5H8O2.C4H6O2/c1-13-14-15-16-17-18-25-60-38(53)33(2)36(34(3)51)30-45(9,42(58)61-26-20-24-50)28-35(49-23-19-21-37(49)52)29-46(10,39(54)55)32-47(11,41(57)59-12)31-44(7,8)40(56)62-27-22-48-43(4,5)6;1-3-4-5-6-7-8-11-16-13(15)10-9-12(2)14;1-8(2)9(12)13-7-6-11-10(3,4)5;1-6(2)7(9)10-5-3-4-8;1-2-7-5-3-4-6(7)8;1-4(2)5(6)7-3;1-3(2)4(5)6/h33,35-36,48,50H,13-32H2,1-12H3,(H,54,55);9-10H,3-8,11H2,1-2H3;11H,1,6-7H2,2-5H3;8H,1,3-5H2,2H3;2H,1,3-5H2;1H2,2-3H3;1H2,2H3,(H,5,6)/b;10-9-;;;;;. The van der Waals surface area contributed by atoms with Crippen molar-refractivity contribution in [3.63, 3.8) is 0 Å². The van der Waals surface area contributed by atoms with Gasteiger partial charge in [0.05, 0.1) is 68.2 Å². The van der Waals surface area contributed by atoms with Crippen LogP contribution in [0.4, 0.5) is 0 Å². The predicted molar refractivity (Wildman–Crippen MR) is 470 cm³/mol. The molecule has 0 radical (unpaired) electrons. The molecule has 6 N–H and O–H groups in total. The number of aliphatic hydroxyl groups is 2. The van der Waals surface area contributed by atoms with E-state index in [1.807, 2.05) is 20.8 Å². The number of ether oxygens (including phenoxy) is 8. The summed E-state index contributed by atoms with van der Waals surface area (Å²) in [5.74, 6) is -8.75. The number of amides is 2. The number of hydrogen-bond acceptors (Lipinski definition) is 26. The summed E-state index contributed by atoms with van der Waals surface area (Å²) < 4.78 is 40.8. The van der Waals surface area contributed by atoms with Crippen molar-refractivity contribution in [1.82, 2.24) is 20.4 Å². The zero-order chi connectivity index (χ0) is 95.2. The first-order chi connectivity index (χ1) is 56.6. The quantitative estimate of drug-likeness (QED) is 0.0143. The summed E-state index contributed by atoms with van der Waals surface area (Å²) in [6, 6.07) is -0.903. The van der Waals surface area contributed by atoms with Crippen LogP contribution >= 0.6 is 0 Å². The molecule has 0 aliphatic carbocycles. The molecule has 2 aliphatic heterocycles. The number of carbonyl (C=O) groups excluding carboxylic acids is 12. The maximum atomic E-state index is 14.2. The normalized spacial score (nSPS) is 14.4. The Labute approximate surface area is 729 Å². The molecule has 122 heavy (non-hydrogen) atoms. The molecule has 702 valence electrons. The van der Waals surface area contributed by atoms with Crippen molar-refractivity contribution >= 4 is 83.1 Å². The minimum atomic E-state index is -1.73. The van der Waals surface area contributed by atoms with Crippen LogP contribution in [-0.4, -0.2) is 224 Å². The number of aliphatic hydroxyl groups excluding tert-OH is 2. The molecule has 2 aliphatic rings. The van der Waals surface area contributed by atoms with Crippen LogP contribution in [0.25, 0.3) is 0 Å². The zero-order valence-electron chi connectivity index (χ0n) is 78.4. The van der Waals surface area contributed by atoms with E-state index in [-0.39, 0.29) is 143 Å². The van der Waals surface area contributed by atoms with E-state index in [1.54, 1.807) is 71.4 Å². The number of Topliss-reactive ketones (excluding diaryl/α,β-unsaturated/α-hetero) is 1. The fourth-order valence-electron chi connectivity index (χ4n) is 12.3. The minimum absolute atomic E-state index is 0.0451. The molecule has 0 spiro atoms. The number of likely N-dealkylation sites (tertiary alicyclic amines) is 2. The highest BCUT2D eigenvalue weighted by Crippen LogP contribution is 2.48. The Kier molecular flexibility index (Phi) is 66.7. The van der Waals surface area contributed by atoms with Crippen molar-refractivity contribution in [2.45, 2.75) is 303 Å². The first kappa shape index (κ1) is 122. The van der Waals surface area contributed by atoms with Crippen molar-refractivity contribution in [2.24, 2.45) is 33.5 Å². The molecular weight excluding hydrogens is 1580 g/mol. The lowest BCUT2D eigenvalue weighted by Gasteiger charge is -2.43. The summed E-state index contributed by atoms with van der Waals surface area (Å²) in [7, 11) is 2.52. The van der Waals surface area contributed by atoms with E-state index in [9.17, 15) is 77.3 Å². The van der Waals surface area contributed by atoms with Gasteiger partial charge in [-0.1, -0.05) is 118 Å². The van der Waals surface area contributed by atoms with Crippen molar-refractivity contribution in [2.75, 3.05) is 93.3 Å². The van der Waals surface area contributed by atoms with Crippen molar-refractivity contribution < 1.29 is 125 Å². The molecule has 2 rings (SSSR count). The van der Waals surface area contributed by atoms with Crippen LogP contribution in [0.3, 0.4) is 0 Å². The molecule has 6 unspecified atom stereocenters. The number of rotatable bonds is 51. The van der Waals surface area contributed by atoms with Gasteiger partial charge in [0.15, 0.2) is 5.78 Å².